The van der Waals surface area contributed by atoms with E-state index in [4.69, 9.17) is 5.73 Å². The number of nitrogens with two attached hydrogens (primary N) is 1. The molecule has 0 spiro atoms. The Morgan fingerprint density at radius 1 is 1.14 bits per heavy atom. The number of hydrogen-bond donors (Lipinski definition) is 2. The van der Waals surface area contributed by atoms with Gasteiger partial charge in [-0.25, -0.2) is 0 Å². The van der Waals surface area contributed by atoms with Gasteiger partial charge in [0.05, 0.1) is 0 Å². The SMILES string of the molecule is CCC1CCCC(Nc2nc(N)nc(N3CCCC3)n2)C1. The van der Waals surface area contributed by atoms with Crippen LogP contribution in [0.4, 0.5) is 17.8 Å². The molecule has 2 heterocycles. The van der Waals surface area contributed by atoms with Crippen LogP contribution in [-0.4, -0.2) is 34.1 Å². The van der Waals surface area contributed by atoms with Crippen molar-refractivity contribution in [2.45, 2.75) is 57.9 Å². The Balaban J connectivity index is 1.69. The molecule has 21 heavy (non-hydrogen) atoms. The summed E-state index contributed by atoms with van der Waals surface area (Å²) in [5, 5.41) is 3.48. The molecule has 2 atom stereocenters. The molecule has 0 aromatic carbocycles. The molecule has 0 bridgehead atoms. The van der Waals surface area contributed by atoms with Crippen LogP contribution in [0.3, 0.4) is 0 Å². The molecule has 0 amide bonds. The highest BCUT2D eigenvalue weighted by molar-refractivity contribution is 5.42. The number of hydrogen-bond acceptors (Lipinski definition) is 6. The molecule has 116 valence electrons. The minimum absolute atomic E-state index is 0.317. The minimum atomic E-state index is 0.317. The third-order valence-electron chi connectivity index (χ3n) is 4.72. The average Bonchev–Trinajstić information content (AvgIpc) is 3.01. The molecule has 2 aliphatic rings. The Bertz CT molecular complexity index is 471. The largest absolute Gasteiger partial charge is 0.368 e. The van der Waals surface area contributed by atoms with Crippen molar-refractivity contribution < 1.29 is 0 Å². The smallest absolute Gasteiger partial charge is 0.231 e. The first-order valence-electron chi connectivity index (χ1n) is 8.27. The Labute approximate surface area is 126 Å². The summed E-state index contributed by atoms with van der Waals surface area (Å²) in [6, 6.07) is 0.469. The molecule has 1 saturated carbocycles. The van der Waals surface area contributed by atoms with Gasteiger partial charge in [-0.15, -0.1) is 0 Å². The van der Waals surface area contributed by atoms with Crippen molar-refractivity contribution in [1.82, 2.24) is 15.0 Å². The van der Waals surface area contributed by atoms with E-state index in [1.807, 2.05) is 0 Å². The van der Waals surface area contributed by atoms with E-state index < -0.39 is 0 Å². The fraction of sp³-hybridized carbons (Fsp3) is 0.800. The van der Waals surface area contributed by atoms with Crippen LogP contribution < -0.4 is 16.0 Å². The first-order valence-corrected chi connectivity index (χ1v) is 8.27. The van der Waals surface area contributed by atoms with Crippen LogP contribution in [0.25, 0.3) is 0 Å². The second-order valence-corrected chi connectivity index (χ2v) is 6.29. The highest BCUT2D eigenvalue weighted by Gasteiger charge is 2.22. The Hall–Kier alpha value is -1.59. The molecule has 1 aromatic heterocycles. The number of nitrogens with one attached hydrogen (secondary N) is 1. The molecule has 3 N–H and O–H groups in total. The monoisotopic (exact) mass is 290 g/mol. The summed E-state index contributed by atoms with van der Waals surface area (Å²) in [6.07, 6.45) is 8.71. The summed E-state index contributed by atoms with van der Waals surface area (Å²) in [5.41, 5.74) is 5.86. The van der Waals surface area contributed by atoms with Gasteiger partial charge in [-0.2, -0.15) is 15.0 Å². The van der Waals surface area contributed by atoms with Gasteiger partial charge in [0.25, 0.3) is 0 Å². The second kappa shape index (κ2) is 6.45. The van der Waals surface area contributed by atoms with E-state index in [-0.39, 0.29) is 0 Å². The lowest BCUT2D eigenvalue weighted by molar-refractivity contribution is 0.326. The van der Waals surface area contributed by atoms with Crippen LogP contribution in [0.2, 0.25) is 0 Å². The lowest BCUT2D eigenvalue weighted by Crippen LogP contribution is -2.29. The zero-order valence-corrected chi connectivity index (χ0v) is 12.9. The van der Waals surface area contributed by atoms with Gasteiger partial charge in [-0.3, -0.25) is 0 Å². The fourth-order valence-corrected chi connectivity index (χ4v) is 3.48. The molecular formula is C15H26N6. The van der Waals surface area contributed by atoms with Crippen molar-refractivity contribution in [3.8, 4) is 0 Å². The predicted molar refractivity (Wildman–Crippen MR) is 85.3 cm³/mol. The number of aromatic nitrogens is 3. The maximum Gasteiger partial charge on any atom is 0.231 e. The molecule has 1 aliphatic carbocycles. The van der Waals surface area contributed by atoms with Crippen molar-refractivity contribution >= 4 is 17.8 Å². The highest BCUT2D eigenvalue weighted by atomic mass is 15.3. The van der Waals surface area contributed by atoms with E-state index in [1.54, 1.807) is 0 Å². The van der Waals surface area contributed by atoms with Crippen molar-refractivity contribution in [2.75, 3.05) is 29.0 Å². The van der Waals surface area contributed by atoms with Gasteiger partial charge in [-0.05, 0) is 31.6 Å². The zero-order valence-electron chi connectivity index (χ0n) is 12.9. The van der Waals surface area contributed by atoms with Crippen LogP contribution in [-0.2, 0) is 0 Å². The lowest BCUT2D eigenvalue weighted by atomic mass is 9.84. The number of anilines is 3. The summed E-state index contributed by atoms with van der Waals surface area (Å²) in [4.78, 5) is 15.3. The Kier molecular flexibility index (Phi) is 4.41. The molecule has 2 unspecified atom stereocenters. The van der Waals surface area contributed by atoms with Crippen LogP contribution in [0.15, 0.2) is 0 Å². The van der Waals surface area contributed by atoms with E-state index in [0.29, 0.717) is 17.9 Å². The van der Waals surface area contributed by atoms with Gasteiger partial charge in [0.2, 0.25) is 17.8 Å². The summed E-state index contributed by atoms with van der Waals surface area (Å²) in [7, 11) is 0. The topological polar surface area (TPSA) is 80.0 Å². The van der Waals surface area contributed by atoms with Crippen molar-refractivity contribution in [3.05, 3.63) is 0 Å². The normalized spacial score (nSPS) is 26.0. The maximum atomic E-state index is 5.86. The molecule has 1 aromatic rings. The average molecular weight is 290 g/mol. The third-order valence-corrected chi connectivity index (χ3v) is 4.72. The third kappa shape index (κ3) is 3.54. The zero-order chi connectivity index (χ0) is 14.7. The van der Waals surface area contributed by atoms with Gasteiger partial charge in [0, 0.05) is 19.1 Å². The molecule has 6 heteroatoms. The molecule has 1 aliphatic heterocycles. The van der Waals surface area contributed by atoms with Gasteiger partial charge in [-0.1, -0.05) is 26.2 Å². The van der Waals surface area contributed by atoms with E-state index in [2.05, 4.69) is 32.1 Å². The molecule has 3 rings (SSSR count). The summed E-state index contributed by atoms with van der Waals surface area (Å²) < 4.78 is 0. The standard InChI is InChI=1S/C15H26N6/c1-2-11-6-5-7-12(10-11)17-14-18-13(16)19-15(20-14)21-8-3-4-9-21/h11-12H,2-10H2,1H3,(H3,16,17,18,19,20). The molecule has 2 fully saturated rings. The van der Waals surface area contributed by atoms with E-state index in [0.717, 1.165) is 25.0 Å². The van der Waals surface area contributed by atoms with Crippen molar-refractivity contribution in [3.63, 3.8) is 0 Å². The van der Waals surface area contributed by atoms with Crippen molar-refractivity contribution in [2.24, 2.45) is 5.92 Å². The number of nitrogens with zero attached hydrogens (tertiary/aromatic N) is 4. The summed E-state index contributed by atoms with van der Waals surface area (Å²) >= 11 is 0. The lowest BCUT2D eigenvalue weighted by Gasteiger charge is -2.29. The van der Waals surface area contributed by atoms with Crippen molar-refractivity contribution in [1.29, 1.82) is 0 Å². The van der Waals surface area contributed by atoms with Gasteiger partial charge in [0.15, 0.2) is 0 Å². The highest BCUT2D eigenvalue weighted by Crippen LogP contribution is 2.28. The van der Waals surface area contributed by atoms with E-state index in [9.17, 15) is 0 Å². The second-order valence-electron chi connectivity index (χ2n) is 6.29. The maximum absolute atomic E-state index is 5.86. The predicted octanol–water partition coefficient (Wildman–Crippen LogP) is 2.43. The van der Waals surface area contributed by atoms with Crippen LogP contribution in [0.1, 0.15) is 51.9 Å². The quantitative estimate of drug-likeness (QED) is 0.886. The number of nitrogen functional groups attached to an aromatic ring is 1. The van der Waals surface area contributed by atoms with E-state index in [1.165, 1.54) is 44.9 Å². The van der Waals surface area contributed by atoms with Gasteiger partial charge >= 0.3 is 0 Å². The first-order chi connectivity index (χ1) is 10.2. The van der Waals surface area contributed by atoms with Gasteiger partial charge < -0.3 is 16.0 Å². The molecule has 0 radical (unpaired) electrons. The van der Waals surface area contributed by atoms with Gasteiger partial charge in [0.1, 0.15) is 0 Å². The van der Waals surface area contributed by atoms with E-state index >= 15 is 0 Å². The molecule has 6 nitrogen and oxygen atoms in total. The van der Waals surface area contributed by atoms with Crippen LogP contribution >= 0.6 is 0 Å². The van der Waals surface area contributed by atoms with Crippen LogP contribution in [0.5, 0.6) is 0 Å². The molecule has 1 saturated heterocycles. The minimum Gasteiger partial charge on any atom is -0.368 e. The fourth-order valence-electron chi connectivity index (χ4n) is 3.48. The Morgan fingerprint density at radius 3 is 2.71 bits per heavy atom. The van der Waals surface area contributed by atoms with Crippen LogP contribution in [0, 0.1) is 5.92 Å². The number of rotatable bonds is 4. The summed E-state index contributed by atoms with van der Waals surface area (Å²) in [5.74, 6) is 2.52. The molecular weight excluding hydrogens is 264 g/mol. The Morgan fingerprint density at radius 2 is 1.95 bits per heavy atom. The first kappa shape index (κ1) is 14.4. The summed E-state index contributed by atoms with van der Waals surface area (Å²) in [6.45, 7) is 4.31.